The molecular weight excluding hydrogens is 232 g/mol. The van der Waals surface area contributed by atoms with Crippen LogP contribution in [0.4, 0.5) is 0 Å². The van der Waals surface area contributed by atoms with Gasteiger partial charge in [-0.2, -0.15) is 0 Å². The molecule has 0 atom stereocenters. The van der Waals surface area contributed by atoms with Gasteiger partial charge in [0.05, 0.1) is 0 Å². The zero-order chi connectivity index (χ0) is 11.2. The number of halogens is 1. The largest absolute Gasteiger partial charge is 0.317 e. The summed E-state index contributed by atoms with van der Waals surface area (Å²) in [5, 5.41) is 3.45. The molecule has 2 nitrogen and oxygen atoms in total. The predicted octanol–water partition coefficient (Wildman–Crippen LogP) is 3.06. The lowest BCUT2D eigenvalue weighted by molar-refractivity contribution is 0.174. The van der Waals surface area contributed by atoms with Crippen LogP contribution in [-0.2, 0) is 0 Å². The van der Waals surface area contributed by atoms with Gasteiger partial charge in [-0.25, -0.2) is 0 Å². The highest BCUT2D eigenvalue weighted by Crippen LogP contribution is 2.23. The fourth-order valence-corrected chi connectivity index (χ4v) is 3.26. The Labute approximate surface area is 113 Å². The Balaban J connectivity index is 0.00000144. The van der Waals surface area contributed by atoms with Gasteiger partial charge in [0.25, 0.3) is 0 Å². The van der Waals surface area contributed by atoms with Gasteiger partial charge in [-0.05, 0) is 64.7 Å². The van der Waals surface area contributed by atoms with E-state index in [0.717, 1.165) is 12.0 Å². The number of rotatable bonds is 4. The lowest BCUT2D eigenvalue weighted by Gasteiger charge is -2.32. The standard InChI is InChI=1S/C14H28N2.ClH/c1-16(14-5-3-2-4-6-14)12-9-13-7-10-15-11-8-13;/h13-15H,2-12H2,1H3;1H. The summed E-state index contributed by atoms with van der Waals surface area (Å²) in [7, 11) is 2.34. The molecule has 0 bridgehead atoms. The van der Waals surface area contributed by atoms with Crippen molar-refractivity contribution >= 4 is 12.4 Å². The fraction of sp³-hybridized carbons (Fsp3) is 1.00. The maximum atomic E-state index is 3.45. The van der Waals surface area contributed by atoms with Crippen molar-refractivity contribution in [1.29, 1.82) is 0 Å². The quantitative estimate of drug-likeness (QED) is 0.836. The second kappa shape index (κ2) is 8.34. The monoisotopic (exact) mass is 260 g/mol. The zero-order valence-electron chi connectivity index (χ0n) is 11.3. The molecule has 0 amide bonds. The van der Waals surface area contributed by atoms with Crippen molar-refractivity contribution in [2.75, 3.05) is 26.7 Å². The summed E-state index contributed by atoms with van der Waals surface area (Å²) >= 11 is 0. The number of piperidine rings is 1. The third-order valence-corrected chi connectivity index (χ3v) is 4.55. The molecule has 1 N–H and O–H groups in total. The van der Waals surface area contributed by atoms with Gasteiger partial charge in [-0.3, -0.25) is 0 Å². The topological polar surface area (TPSA) is 15.3 Å². The third kappa shape index (κ3) is 5.15. The molecule has 17 heavy (non-hydrogen) atoms. The van der Waals surface area contributed by atoms with Crippen LogP contribution in [0.1, 0.15) is 51.4 Å². The number of nitrogens with zero attached hydrogens (tertiary/aromatic N) is 1. The molecule has 1 aliphatic carbocycles. The van der Waals surface area contributed by atoms with E-state index >= 15 is 0 Å². The Hall–Kier alpha value is 0.210. The molecule has 0 unspecified atom stereocenters. The van der Waals surface area contributed by atoms with Crippen LogP contribution >= 0.6 is 12.4 Å². The van der Waals surface area contributed by atoms with Crippen LogP contribution < -0.4 is 5.32 Å². The molecule has 2 aliphatic rings. The summed E-state index contributed by atoms with van der Waals surface area (Å²) in [6.45, 7) is 3.82. The Morgan fingerprint density at radius 3 is 2.29 bits per heavy atom. The molecule has 0 aromatic heterocycles. The Morgan fingerprint density at radius 1 is 1.00 bits per heavy atom. The van der Waals surface area contributed by atoms with Crippen LogP contribution in [0, 0.1) is 5.92 Å². The maximum Gasteiger partial charge on any atom is 0.00922 e. The minimum Gasteiger partial charge on any atom is -0.317 e. The number of hydrogen-bond donors (Lipinski definition) is 1. The summed E-state index contributed by atoms with van der Waals surface area (Å²) < 4.78 is 0. The van der Waals surface area contributed by atoms with Crippen molar-refractivity contribution in [2.24, 2.45) is 5.92 Å². The van der Waals surface area contributed by atoms with E-state index < -0.39 is 0 Å². The van der Waals surface area contributed by atoms with Gasteiger partial charge >= 0.3 is 0 Å². The van der Waals surface area contributed by atoms with Crippen molar-refractivity contribution < 1.29 is 0 Å². The minimum atomic E-state index is 0. The lowest BCUT2D eigenvalue weighted by atomic mass is 9.92. The van der Waals surface area contributed by atoms with Crippen molar-refractivity contribution in [3.05, 3.63) is 0 Å². The first-order valence-electron chi connectivity index (χ1n) is 7.27. The van der Waals surface area contributed by atoms with Crippen molar-refractivity contribution in [1.82, 2.24) is 10.2 Å². The van der Waals surface area contributed by atoms with Crippen molar-refractivity contribution in [3.63, 3.8) is 0 Å². The first kappa shape index (κ1) is 15.3. The van der Waals surface area contributed by atoms with Crippen LogP contribution in [0.15, 0.2) is 0 Å². The molecular formula is C14H29ClN2. The van der Waals surface area contributed by atoms with Crippen LogP contribution in [0.25, 0.3) is 0 Å². The van der Waals surface area contributed by atoms with Crippen molar-refractivity contribution in [2.45, 2.75) is 57.4 Å². The van der Waals surface area contributed by atoms with E-state index in [9.17, 15) is 0 Å². The Bertz CT molecular complexity index is 187. The molecule has 1 heterocycles. The smallest absolute Gasteiger partial charge is 0.00922 e. The Kier molecular flexibility index (Phi) is 7.49. The summed E-state index contributed by atoms with van der Waals surface area (Å²) in [6.07, 6.45) is 11.5. The number of hydrogen-bond acceptors (Lipinski definition) is 2. The van der Waals surface area contributed by atoms with Crippen LogP contribution in [0.2, 0.25) is 0 Å². The molecule has 2 rings (SSSR count). The van der Waals surface area contributed by atoms with Gasteiger partial charge in [-0.1, -0.05) is 19.3 Å². The molecule has 102 valence electrons. The van der Waals surface area contributed by atoms with Gasteiger partial charge in [0.2, 0.25) is 0 Å². The average molecular weight is 261 g/mol. The van der Waals surface area contributed by atoms with Crippen molar-refractivity contribution in [3.8, 4) is 0 Å². The second-order valence-electron chi connectivity index (χ2n) is 5.75. The summed E-state index contributed by atoms with van der Waals surface area (Å²) in [6, 6.07) is 0.899. The predicted molar refractivity (Wildman–Crippen MR) is 77.0 cm³/mol. The zero-order valence-corrected chi connectivity index (χ0v) is 12.1. The summed E-state index contributed by atoms with van der Waals surface area (Å²) in [5.74, 6) is 0.993. The third-order valence-electron chi connectivity index (χ3n) is 4.55. The Morgan fingerprint density at radius 2 is 1.65 bits per heavy atom. The first-order valence-corrected chi connectivity index (χ1v) is 7.27. The average Bonchev–Trinajstić information content (AvgIpc) is 2.38. The molecule has 0 aromatic carbocycles. The van der Waals surface area contributed by atoms with E-state index in [2.05, 4.69) is 17.3 Å². The summed E-state index contributed by atoms with van der Waals surface area (Å²) in [5.41, 5.74) is 0. The SMILES string of the molecule is CN(CCC1CCNCC1)C1CCCCC1.Cl. The molecule has 1 aliphatic heterocycles. The second-order valence-corrected chi connectivity index (χ2v) is 5.75. The molecule has 0 aromatic rings. The summed E-state index contributed by atoms with van der Waals surface area (Å²) in [4.78, 5) is 2.64. The molecule has 1 saturated heterocycles. The van der Waals surface area contributed by atoms with Gasteiger partial charge < -0.3 is 10.2 Å². The van der Waals surface area contributed by atoms with E-state index in [1.165, 1.54) is 71.0 Å². The molecule has 0 radical (unpaired) electrons. The van der Waals surface area contributed by atoms with E-state index in [0.29, 0.717) is 0 Å². The lowest BCUT2D eigenvalue weighted by Crippen LogP contribution is -2.36. The highest BCUT2D eigenvalue weighted by atomic mass is 35.5. The van der Waals surface area contributed by atoms with Crippen LogP contribution in [-0.4, -0.2) is 37.6 Å². The number of nitrogens with one attached hydrogen (secondary N) is 1. The first-order chi connectivity index (χ1) is 7.86. The van der Waals surface area contributed by atoms with E-state index in [4.69, 9.17) is 0 Å². The molecule has 0 spiro atoms. The minimum absolute atomic E-state index is 0. The highest BCUT2D eigenvalue weighted by molar-refractivity contribution is 5.85. The van der Waals surface area contributed by atoms with Crippen LogP contribution in [0.3, 0.4) is 0 Å². The van der Waals surface area contributed by atoms with E-state index in [1.807, 2.05) is 0 Å². The highest BCUT2D eigenvalue weighted by Gasteiger charge is 2.19. The molecule has 2 fully saturated rings. The van der Waals surface area contributed by atoms with Gasteiger partial charge in [0, 0.05) is 6.04 Å². The van der Waals surface area contributed by atoms with Crippen LogP contribution in [0.5, 0.6) is 0 Å². The normalized spacial score (nSPS) is 23.6. The van der Waals surface area contributed by atoms with Gasteiger partial charge in [0.15, 0.2) is 0 Å². The van der Waals surface area contributed by atoms with Gasteiger partial charge in [-0.15, -0.1) is 12.4 Å². The van der Waals surface area contributed by atoms with Gasteiger partial charge in [0.1, 0.15) is 0 Å². The molecule has 3 heteroatoms. The van der Waals surface area contributed by atoms with E-state index in [1.54, 1.807) is 0 Å². The molecule has 1 saturated carbocycles. The fourth-order valence-electron chi connectivity index (χ4n) is 3.26. The maximum absolute atomic E-state index is 3.45. The van der Waals surface area contributed by atoms with E-state index in [-0.39, 0.29) is 12.4 Å².